The maximum absolute atomic E-state index is 13.2. The largest absolute Gasteiger partial charge is 0.477 e. The van der Waals surface area contributed by atoms with Gasteiger partial charge in [0.15, 0.2) is 0 Å². The van der Waals surface area contributed by atoms with Crippen LogP contribution < -0.4 is 0 Å². The van der Waals surface area contributed by atoms with E-state index in [1.54, 1.807) is 18.2 Å². The zero-order valence-corrected chi connectivity index (χ0v) is 16.0. The first kappa shape index (κ1) is 18.9. The number of aryl methyl sites for hydroxylation is 2. The molecule has 0 fully saturated rings. The van der Waals surface area contributed by atoms with Gasteiger partial charge in [0.25, 0.3) is 0 Å². The maximum Gasteiger partial charge on any atom is 0.342 e. The minimum Gasteiger partial charge on any atom is -0.477 e. The Balaban J connectivity index is 1.97. The zero-order valence-electron chi connectivity index (χ0n) is 15.2. The van der Waals surface area contributed by atoms with E-state index in [-0.39, 0.29) is 10.7 Å². The number of aromatic nitrogens is 4. The number of aromatic amines is 1. The Hall–Kier alpha value is -2.87. The number of thioether (sulfide) groups is 1. The molecule has 0 amide bonds. The van der Waals surface area contributed by atoms with Gasteiger partial charge in [-0.2, -0.15) is 0 Å². The minimum absolute atomic E-state index is 0.121. The van der Waals surface area contributed by atoms with Crippen molar-refractivity contribution in [1.29, 1.82) is 0 Å². The van der Waals surface area contributed by atoms with E-state index in [2.05, 4.69) is 15.2 Å². The van der Waals surface area contributed by atoms with Gasteiger partial charge in [-0.1, -0.05) is 6.92 Å². The van der Waals surface area contributed by atoms with Crippen molar-refractivity contribution in [3.8, 4) is 5.69 Å². The quantitative estimate of drug-likeness (QED) is 0.492. The van der Waals surface area contributed by atoms with Crippen LogP contribution in [0.2, 0.25) is 0 Å². The van der Waals surface area contributed by atoms with Gasteiger partial charge in [-0.25, -0.2) is 14.2 Å². The third-order valence-electron chi connectivity index (χ3n) is 4.10. The Morgan fingerprint density at radius 2 is 2.04 bits per heavy atom. The fraction of sp³-hybridized carbons (Fsp3) is 0.211. The Morgan fingerprint density at radius 1 is 1.33 bits per heavy atom. The van der Waals surface area contributed by atoms with Crippen LogP contribution in [0.1, 0.15) is 29.7 Å². The SMILES string of the molecule is CCc1nc(S/C(=C\c2cc(C)n(-c3ccc(F)cc3)c2C)C(=O)O)n[nH]1. The Bertz CT molecular complexity index is 1010. The summed E-state index contributed by atoms with van der Waals surface area (Å²) >= 11 is 0.999. The molecule has 27 heavy (non-hydrogen) atoms. The molecular formula is C19H19FN4O2S. The van der Waals surface area contributed by atoms with Gasteiger partial charge in [0.1, 0.15) is 16.5 Å². The number of carboxylic acids is 1. The molecule has 3 rings (SSSR count). The van der Waals surface area contributed by atoms with Crippen LogP contribution in [0.3, 0.4) is 0 Å². The standard InChI is InChI=1S/C19H19FN4O2S/c1-4-17-21-19(23-22-17)27-16(18(25)26)10-13-9-11(2)24(12(13)3)15-7-5-14(20)6-8-15/h5-10H,4H2,1-3H3,(H,25,26)(H,21,22,23)/b16-10-. The highest BCUT2D eigenvalue weighted by Gasteiger charge is 2.16. The van der Waals surface area contributed by atoms with Crippen LogP contribution in [0.5, 0.6) is 0 Å². The summed E-state index contributed by atoms with van der Waals surface area (Å²) in [5.41, 5.74) is 3.37. The lowest BCUT2D eigenvalue weighted by molar-refractivity contribution is -0.131. The summed E-state index contributed by atoms with van der Waals surface area (Å²) in [5.74, 6) is -0.644. The van der Waals surface area contributed by atoms with Gasteiger partial charge in [-0.3, -0.25) is 5.10 Å². The third kappa shape index (κ3) is 4.11. The van der Waals surface area contributed by atoms with Crippen molar-refractivity contribution < 1.29 is 14.3 Å². The molecule has 0 spiro atoms. The molecule has 0 atom stereocenters. The second-order valence-electron chi connectivity index (χ2n) is 5.97. The number of aliphatic carboxylic acids is 1. The molecule has 0 saturated carbocycles. The van der Waals surface area contributed by atoms with Gasteiger partial charge >= 0.3 is 5.97 Å². The lowest BCUT2D eigenvalue weighted by Crippen LogP contribution is -2.00. The Kier molecular flexibility index (Phi) is 5.46. The molecule has 6 nitrogen and oxygen atoms in total. The van der Waals surface area contributed by atoms with E-state index in [1.807, 2.05) is 31.4 Å². The minimum atomic E-state index is -1.05. The number of carboxylic acid groups (broad SMARTS) is 1. The second kappa shape index (κ2) is 7.79. The van der Waals surface area contributed by atoms with Gasteiger partial charge in [0.05, 0.1) is 0 Å². The smallest absolute Gasteiger partial charge is 0.342 e. The van der Waals surface area contributed by atoms with Gasteiger partial charge in [0, 0.05) is 23.5 Å². The summed E-state index contributed by atoms with van der Waals surface area (Å²) < 4.78 is 15.2. The summed E-state index contributed by atoms with van der Waals surface area (Å²) in [6.07, 6.45) is 2.30. The topological polar surface area (TPSA) is 83.8 Å². The number of rotatable bonds is 6. The van der Waals surface area contributed by atoms with Gasteiger partial charge in [-0.15, -0.1) is 5.10 Å². The van der Waals surface area contributed by atoms with Gasteiger partial charge in [0.2, 0.25) is 5.16 Å². The number of carbonyl (C=O) groups is 1. The number of benzene rings is 1. The summed E-state index contributed by atoms with van der Waals surface area (Å²) in [4.78, 5) is 16.1. The molecule has 0 bridgehead atoms. The molecule has 2 heterocycles. The number of hydrogen-bond acceptors (Lipinski definition) is 4. The van der Waals surface area contributed by atoms with Crippen molar-refractivity contribution in [1.82, 2.24) is 19.7 Å². The summed E-state index contributed by atoms with van der Waals surface area (Å²) in [6.45, 7) is 5.76. The van der Waals surface area contributed by atoms with Crippen molar-refractivity contribution in [2.45, 2.75) is 32.3 Å². The highest BCUT2D eigenvalue weighted by Crippen LogP contribution is 2.29. The van der Waals surface area contributed by atoms with E-state index in [0.29, 0.717) is 17.4 Å². The molecule has 0 unspecified atom stereocenters. The van der Waals surface area contributed by atoms with E-state index in [4.69, 9.17) is 0 Å². The predicted molar refractivity (Wildman–Crippen MR) is 102 cm³/mol. The molecule has 0 aliphatic rings. The lowest BCUT2D eigenvalue weighted by atomic mass is 10.2. The molecular weight excluding hydrogens is 367 g/mol. The summed E-state index contributed by atoms with van der Waals surface area (Å²) in [5, 5.41) is 16.8. The fourth-order valence-electron chi connectivity index (χ4n) is 2.78. The van der Waals surface area contributed by atoms with Crippen molar-refractivity contribution >= 4 is 23.8 Å². The number of halogens is 1. The number of hydrogen-bond donors (Lipinski definition) is 2. The molecule has 2 N–H and O–H groups in total. The van der Waals surface area contributed by atoms with E-state index in [9.17, 15) is 14.3 Å². The van der Waals surface area contributed by atoms with E-state index < -0.39 is 5.97 Å². The first-order chi connectivity index (χ1) is 12.9. The molecule has 140 valence electrons. The average Bonchev–Trinajstić information content (AvgIpc) is 3.20. The third-order valence-corrected chi connectivity index (χ3v) is 4.98. The molecule has 0 saturated heterocycles. The van der Waals surface area contributed by atoms with Crippen LogP contribution in [0.25, 0.3) is 11.8 Å². The van der Waals surface area contributed by atoms with Crippen molar-refractivity contribution in [3.63, 3.8) is 0 Å². The molecule has 0 aliphatic heterocycles. The lowest BCUT2D eigenvalue weighted by Gasteiger charge is -2.09. The van der Waals surface area contributed by atoms with Crippen LogP contribution in [-0.2, 0) is 11.2 Å². The fourth-order valence-corrected chi connectivity index (χ4v) is 3.49. The van der Waals surface area contributed by atoms with E-state index in [1.165, 1.54) is 12.1 Å². The van der Waals surface area contributed by atoms with E-state index in [0.717, 1.165) is 34.4 Å². The monoisotopic (exact) mass is 386 g/mol. The highest BCUT2D eigenvalue weighted by molar-refractivity contribution is 8.04. The van der Waals surface area contributed by atoms with Crippen LogP contribution in [-0.4, -0.2) is 30.8 Å². The molecule has 2 aromatic heterocycles. The Morgan fingerprint density at radius 3 is 2.63 bits per heavy atom. The summed E-state index contributed by atoms with van der Waals surface area (Å²) in [6, 6.07) is 8.08. The predicted octanol–water partition coefficient (Wildman–Crippen LogP) is 4.13. The van der Waals surface area contributed by atoms with Gasteiger partial charge in [-0.05, 0) is 67.6 Å². The first-order valence-electron chi connectivity index (χ1n) is 8.38. The number of nitrogens with zero attached hydrogens (tertiary/aromatic N) is 3. The highest BCUT2D eigenvalue weighted by atomic mass is 32.2. The molecule has 0 aliphatic carbocycles. The number of H-pyrrole nitrogens is 1. The summed E-state index contributed by atoms with van der Waals surface area (Å²) in [7, 11) is 0. The molecule has 1 aromatic carbocycles. The van der Waals surface area contributed by atoms with Crippen LogP contribution in [0.15, 0.2) is 40.4 Å². The number of nitrogens with one attached hydrogen (secondary N) is 1. The maximum atomic E-state index is 13.2. The molecule has 8 heteroatoms. The van der Waals surface area contributed by atoms with E-state index >= 15 is 0 Å². The average molecular weight is 386 g/mol. The van der Waals surface area contributed by atoms with Crippen LogP contribution in [0, 0.1) is 19.7 Å². The molecule has 3 aromatic rings. The normalized spacial score (nSPS) is 11.8. The van der Waals surface area contributed by atoms with Crippen molar-refractivity contribution in [3.05, 3.63) is 63.8 Å². The zero-order chi connectivity index (χ0) is 19.6. The van der Waals surface area contributed by atoms with Crippen molar-refractivity contribution in [2.75, 3.05) is 0 Å². The molecule has 0 radical (unpaired) electrons. The van der Waals surface area contributed by atoms with Crippen LogP contribution >= 0.6 is 11.8 Å². The van der Waals surface area contributed by atoms with Crippen LogP contribution in [0.4, 0.5) is 4.39 Å². The second-order valence-corrected chi connectivity index (χ2v) is 6.98. The van der Waals surface area contributed by atoms with Gasteiger partial charge < -0.3 is 9.67 Å². The van der Waals surface area contributed by atoms with Crippen molar-refractivity contribution in [2.24, 2.45) is 0 Å². The Labute approximate surface area is 160 Å². The first-order valence-corrected chi connectivity index (χ1v) is 9.19.